The normalized spacial score (nSPS) is 10.1. The molecule has 0 N–H and O–H groups in total. The molecule has 0 unspecified atom stereocenters. The van der Waals surface area contributed by atoms with E-state index in [1.54, 1.807) is 49.7 Å². The molecule has 20 heavy (non-hydrogen) atoms. The van der Waals surface area contributed by atoms with Gasteiger partial charge in [-0.25, -0.2) is 0 Å². The van der Waals surface area contributed by atoms with Crippen molar-refractivity contribution in [1.82, 2.24) is 4.98 Å². The van der Waals surface area contributed by atoms with Gasteiger partial charge in [-0.05, 0) is 36.4 Å². The van der Waals surface area contributed by atoms with Gasteiger partial charge in [0, 0.05) is 36.4 Å². The Morgan fingerprint density at radius 2 is 1.65 bits per heavy atom. The van der Waals surface area contributed by atoms with Gasteiger partial charge in [-0.2, -0.15) is 0 Å². The lowest BCUT2D eigenvalue weighted by molar-refractivity contribution is 0.0917. The van der Waals surface area contributed by atoms with Crippen LogP contribution >= 0.6 is 0 Å². The first kappa shape index (κ1) is 13.9. The maximum atomic E-state index is 12.0. The third-order valence-corrected chi connectivity index (χ3v) is 2.97. The van der Waals surface area contributed by atoms with Gasteiger partial charge in [-0.1, -0.05) is 0 Å². The van der Waals surface area contributed by atoms with E-state index in [0.29, 0.717) is 16.9 Å². The van der Waals surface area contributed by atoms with E-state index >= 15 is 0 Å². The van der Waals surface area contributed by atoms with E-state index in [0.717, 1.165) is 0 Å². The molecule has 102 valence electrons. The number of aromatic nitrogens is 1. The molecule has 0 atom stereocenters. The van der Waals surface area contributed by atoms with E-state index in [4.69, 9.17) is 4.74 Å². The van der Waals surface area contributed by atoms with Crippen molar-refractivity contribution in [3.63, 3.8) is 0 Å². The topological polar surface area (TPSA) is 56.3 Å². The highest BCUT2D eigenvalue weighted by Crippen LogP contribution is 2.14. The summed E-state index contributed by atoms with van der Waals surface area (Å²) in [4.78, 5) is 27.7. The zero-order valence-electron chi connectivity index (χ0n) is 11.2. The van der Waals surface area contributed by atoms with Crippen molar-refractivity contribution < 1.29 is 14.3 Å². The highest BCUT2D eigenvalue weighted by molar-refractivity contribution is 6.02. The predicted molar refractivity (Wildman–Crippen MR) is 75.1 cm³/mol. The summed E-state index contributed by atoms with van der Waals surface area (Å²) in [6, 6.07) is 10.3. The summed E-state index contributed by atoms with van der Waals surface area (Å²) in [5, 5.41) is 0. The maximum Gasteiger partial charge on any atom is 0.164 e. The van der Waals surface area contributed by atoms with Crippen molar-refractivity contribution >= 4 is 11.6 Å². The monoisotopic (exact) mass is 269 g/mol. The van der Waals surface area contributed by atoms with Crippen LogP contribution in [0.1, 0.15) is 33.6 Å². The molecular weight excluding hydrogens is 254 g/mol. The van der Waals surface area contributed by atoms with Crippen LogP contribution in [0, 0.1) is 0 Å². The van der Waals surface area contributed by atoms with Gasteiger partial charge in [0.2, 0.25) is 0 Å². The van der Waals surface area contributed by atoms with E-state index < -0.39 is 0 Å². The van der Waals surface area contributed by atoms with Gasteiger partial charge in [-0.15, -0.1) is 0 Å². The second kappa shape index (κ2) is 6.61. The lowest BCUT2D eigenvalue weighted by atomic mass is 10.0. The number of carbonyl (C=O) groups excluding carboxylic acids is 2. The smallest absolute Gasteiger partial charge is 0.164 e. The van der Waals surface area contributed by atoms with E-state index in [9.17, 15) is 9.59 Å². The van der Waals surface area contributed by atoms with Crippen molar-refractivity contribution in [1.29, 1.82) is 0 Å². The number of ether oxygens (including phenoxy) is 1. The zero-order valence-corrected chi connectivity index (χ0v) is 11.2. The van der Waals surface area contributed by atoms with Crippen molar-refractivity contribution in [2.45, 2.75) is 12.8 Å². The molecule has 1 aromatic heterocycles. The van der Waals surface area contributed by atoms with Gasteiger partial charge in [0.1, 0.15) is 5.75 Å². The minimum atomic E-state index is -0.0695. The van der Waals surface area contributed by atoms with Crippen molar-refractivity contribution in [2.24, 2.45) is 0 Å². The van der Waals surface area contributed by atoms with E-state index in [1.807, 2.05) is 0 Å². The fourth-order valence-electron chi connectivity index (χ4n) is 1.82. The summed E-state index contributed by atoms with van der Waals surface area (Å²) in [6.45, 7) is 0. The standard InChI is InChI=1S/C16H15NO3/c1-20-14-6-4-12(5-7-14)15(18)8-9-16(19)13-3-2-10-17-11-13/h2-7,10-11H,8-9H2,1H3. The van der Waals surface area contributed by atoms with Gasteiger partial charge in [0.15, 0.2) is 11.6 Å². The second-order valence-corrected chi connectivity index (χ2v) is 4.32. The molecule has 0 bridgehead atoms. The number of methoxy groups -OCH3 is 1. The van der Waals surface area contributed by atoms with Gasteiger partial charge >= 0.3 is 0 Å². The number of hydrogen-bond donors (Lipinski definition) is 0. The molecular formula is C16H15NO3. The molecule has 0 fully saturated rings. The Kier molecular flexibility index (Phi) is 4.60. The number of pyridine rings is 1. The Hall–Kier alpha value is -2.49. The number of benzene rings is 1. The largest absolute Gasteiger partial charge is 0.497 e. The molecule has 0 spiro atoms. The van der Waals surface area contributed by atoms with E-state index in [2.05, 4.69) is 4.98 Å². The molecule has 2 aromatic rings. The Morgan fingerprint density at radius 3 is 2.20 bits per heavy atom. The molecule has 4 nitrogen and oxygen atoms in total. The highest BCUT2D eigenvalue weighted by atomic mass is 16.5. The Balaban J connectivity index is 1.93. The van der Waals surface area contributed by atoms with Crippen molar-refractivity contribution in [3.05, 3.63) is 59.9 Å². The van der Waals surface area contributed by atoms with Gasteiger partial charge in [0.25, 0.3) is 0 Å². The number of hydrogen-bond acceptors (Lipinski definition) is 4. The minimum Gasteiger partial charge on any atom is -0.497 e. The van der Waals surface area contributed by atoms with Gasteiger partial charge < -0.3 is 4.74 Å². The van der Waals surface area contributed by atoms with Crippen LogP contribution in [-0.2, 0) is 0 Å². The molecule has 1 heterocycles. The lowest BCUT2D eigenvalue weighted by Gasteiger charge is -2.03. The molecule has 0 aliphatic rings. The first-order valence-corrected chi connectivity index (χ1v) is 6.31. The molecule has 1 aromatic carbocycles. The molecule has 0 amide bonds. The minimum absolute atomic E-state index is 0.0510. The molecule has 0 saturated carbocycles. The first-order chi connectivity index (χ1) is 9.70. The second-order valence-electron chi connectivity index (χ2n) is 4.32. The van der Waals surface area contributed by atoms with Gasteiger partial charge in [0.05, 0.1) is 7.11 Å². The zero-order chi connectivity index (χ0) is 14.4. The highest BCUT2D eigenvalue weighted by Gasteiger charge is 2.11. The fraction of sp³-hybridized carbons (Fsp3) is 0.188. The number of carbonyl (C=O) groups is 2. The summed E-state index contributed by atoms with van der Waals surface area (Å²) in [5.74, 6) is 0.581. The average molecular weight is 269 g/mol. The molecule has 2 rings (SSSR count). The van der Waals surface area contributed by atoms with Crippen LogP contribution < -0.4 is 4.74 Å². The molecule has 0 aliphatic carbocycles. The summed E-state index contributed by atoms with van der Waals surface area (Å²) in [7, 11) is 1.57. The fourth-order valence-corrected chi connectivity index (χ4v) is 1.82. The Morgan fingerprint density at radius 1 is 1.00 bits per heavy atom. The van der Waals surface area contributed by atoms with E-state index in [-0.39, 0.29) is 24.4 Å². The van der Waals surface area contributed by atoms with Crippen LogP contribution in [0.15, 0.2) is 48.8 Å². The predicted octanol–water partition coefficient (Wildman–Crippen LogP) is 2.94. The number of Topliss-reactive ketones (excluding diaryl/α,β-unsaturated/α-hetero) is 2. The van der Waals surface area contributed by atoms with Crippen LogP contribution in [0.5, 0.6) is 5.75 Å². The lowest BCUT2D eigenvalue weighted by Crippen LogP contribution is -2.05. The average Bonchev–Trinajstić information content (AvgIpc) is 2.53. The summed E-state index contributed by atoms with van der Waals surface area (Å²) >= 11 is 0. The van der Waals surface area contributed by atoms with E-state index in [1.165, 1.54) is 6.20 Å². The van der Waals surface area contributed by atoms with Crippen LogP contribution in [0.2, 0.25) is 0 Å². The van der Waals surface area contributed by atoms with Crippen molar-refractivity contribution in [3.8, 4) is 5.75 Å². The number of nitrogens with zero attached hydrogens (tertiary/aromatic N) is 1. The van der Waals surface area contributed by atoms with Gasteiger partial charge in [-0.3, -0.25) is 14.6 Å². The molecule has 0 aliphatic heterocycles. The number of rotatable bonds is 6. The number of ketones is 2. The van der Waals surface area contributed by atoms with Crippen LogP contribution in [0.4, 0.5) is 0 Å². The van der Waals surface area contributed by atoms with Crippen LogP contribution in [-0.4, -0.2) is 23.7 Å². The quantitative estimate of drug-likeness (QED) is 0.756. The summed E-state index contributed by atoms with van der Waals surface area (Å²) in [6.07, 6.45) is 3.51. The first-order valence-electron chi connectivity index (χ1n) is 6.31. The third kappa shape index (κ3) is 3.51. The maximum absolute atomic E-state index is 12.0. The summed E-state index contributed by atoms with van der Waals surface area (Å²) in [5.41, 5.74) is 1.12. The molecule has 0 saturated heterocycles. The SMILES string of the molecule is COc1ccc(C(=O)CCC(=O)c2cccnc2)cc1. The molecule has 0 radical (unpaired) electrons. The summed E-state index contributed by atoms with van der Waals surface area (Å²) < 4.78 is 5.03. The third-order valence-electron chi connectivity index (χ3n) is 2.97. The Labute approximate surface area is 117 Å². The van der Waals surface area contributed by atoms with Crippen LogP contribution in [0.3, 0.4) is 0 Å². The molecule has 4 heteroatoms. The Bertz CT molecular complexity index is 591. The van der Waals surface area contributed by atoms with Crippen LogP contribution in [0.25, 0.3) is 0 Å². The van der Waals surface area contributed by atoms with Crippen molar-refractivity contribution in [2.75, 3.05) is 7.11 Å².